The number of anilines is 1. The van der Waals surface area contributed by atoms with E-state index in [2.05, 4.69) is 11.8 Å². The van der Waals surface area contributed by atoms with Crippen molar-refractivity contribution in [3.63, 3.8) is 0 Å². The molecule has 0 spiro atoms. The molecule has 1 aliphatic rings. The van der Waals surface area contributed by atoms with E-state index < -0.39 is 6.10 Å². The molecule has 2 unspecified atom stereocenters. The molecule has 3 nitrogen and oxygen atoms in total. The molecule has 2 atom stereocenters. The first-order chi connectivity index (χ1) is 8.69. The fraction of sp³-hybridized carbons (Fsp3) is 0.571. The standard InChI is InChI=1S/C14H22N2OS/c1-2-13-9-16(6-7-18-13)10-14(17)11-4-3-5-12(15)8-11/h3-5,8,13-14,17H,2,6-7,9-10,15H2,1H3. The summed E-state index contributed by atoms with van der Waals surface area (Å²) in [6.45, 7) is 5.09. The lowest BCUT2D eigenvalue weighted by Crippen LogP contribution is -2.39. The highest BCUT2D eigenvalue weighted by atomic mass is 32.2. The minimum atomic E-state index is -0.436. The van der Waals surface area contributed by atoms with Crippen LogP contribution in [0.25, 0.3) is 0 Å². The summed E-state index contributed by atoms with van der Waals surface area (Å²) in [5.41, 5.74) is 7.38. The molecule has 1 fully saturated rings. The van der Waals surface area contributed by atoms with Gasteiger partial charge in [0.05, 0.1) is 6.10 Å². The number of aliphatic hydroxyl groups excluding tert-OH is 1. The Morgan fingerprint density at radius 3 is 3.11 bits per heavy atom. The van der Waals surface area contributed by atoms with Crippen LogP contribution < -0.4 is 5.73 Å². The molecule has 1 saturated heterocycles. The van der Waals surface area contributed by atoms with Gasteiger partial charge in [-0.2, -0.15) is 11.8 Å². The monoisotopic (exact) mass is 266 g/mol. The van der Waals surface area contributed by atoms with Gasteiger partial charge < -0.3 is 10.8 Å². The smallest absolute Gasteiger partial charge is 0.0917 e. The van der Waals surface area contributed by atoms with Gasteiger partial charge in [0.2, 0.25) is 0 Å². The Balaban J connectivity index is 1.92. The van der Waals surface area contributed by atoms with Gasteiger partial charge in [-0.05, 0) is 24.1 Å². The van der Waals surface area contributed by atoms with Crippen LogP contribution in [0.15, 0.2) is 24.3 Å². The molecule has 100 valence electrons. The molecule has 0 amide bonds. The zero-order valence-corrected chi connectivity index (χ0v) is 11.7. The van der Waals surface area contributed by atoms with Crippen molar-refractivity contribution >= 4 is 17.4 Å². The van der Waals surface area contributed by atoms with Crippen LogP contribution in [0.1, 0.15) is 25.0 Å². The second-order valence-electron chi connectivity index (χ2n) is 4.85. The molecule has 0 aromatic heterocycles. The SMILES string of the molecule is CCC1CN(CC(O)c2cccc(N)c2)CCS1. The number of rotatable bonds is 4. The summed E-state index contributed by atoms with van der Waals surface area (Å²) < 4.78 is 0. The first kappa shape index (κ1) is 13.7. The molecular formula is C14H22N2OS. The maximum absolute atomic E-state index is 10.3. The zero-order valence-electron chi connectivity index (χ0n) is 10.9. The number of hydrogen-bond acceptors (Lipinski definition) is 4. The third kappa shape index (κ3) is 3.64. The predicted octanol–water partition coefficient (Wildman–Crippen LogP) is 2.13. The second kappa shape index (κ2) is 6.45. The number of nitrogens with zero attached hydrogens (tertiary/aromatic N) is 1. The van der Waals surface area contributed by atoms with E-state index in [1.807, 2.05) is 36.0 Å². The van der Waals surface area contributed by atoms with Gasteiger partial charge in [0.15, 0.2) is 0 Å². The lowest BCUT2D eigenvalue weighted by molar-refractivity contribution is 0.115. The first-order valence-electron chi connectivity index (χ1n) is 6.56. The highest BCUT2D eigenvalue weighted by Crippen LogP contribution is 2.23. The maximum atomic E-state index is 10.3. The average molecular weight is 266 g/mol. The van der Waals surface area contributed by atoms with E-state index in [9.17, 15) is 5.11 Å². The zero-order chi connectivity index (χ0) is 13.0. The third-order valence-corrected chi connectivity index (χ3v) is 4.78. The Kier molecular flexibility index (Phi) is 4.92. The van der Waals surface area contributed by atoms with E-state index in [1.54, 1.807) is 0 Å². The molecule has 4 heteroatoms. The summed E-state index contributed by atoms with van der Waals surface area (Å²) in [6, 6.07) is 7.55. The largest absolute Gasteiger partial charge is 0.399 e. The quantitative estimate of drug-likeness (QED) is 0.820. The van der Waals surface area contributed by atoms with Crippen molar-refractivity contribution in [1.29, 1.82) is 0 Å². The van der Waals surface area contributed by atoms with E-state index in [-0.39, 0.29) is 0 Å². The van der Waals surface area contributed by atoms with Crippen molar-refractivity contribution in [2.45, 2.75) is 24.7 Å². The van der Waals surface area contributed by atoms with Crippen molar-refractivity contribution in [1.82, 2.24) is 4.90 Å². The Labute approximate surface area is 113 Å². The van der Waals surface area contributed by atoms with E-state index in [0.717, 1.165) is 18.7 Å². The Morgan fingerprint density at radius 2 is 2.39 bits per heavy atom. The molecule has 1 aromatic rings. The van der Waals surface area contributed by atoms with Crippen LogP contribution in [0.3, 0.4) is 0 Å². The minimum absolute atomic E-state index is 0.436. The first-order valence-corrected chi connectivity index (χ1v) is 7.61. The summed E-state index contributed by atoms with van der Waals surface area (Å²) in [4.78, 5) is 2.36. The van der Waals surface area contributed by atoms with Gasteiger partial charge in [0, 0.05) is 36.3 Å². The molecule has 1 aliphatic heterocycles. The predicted molar refractivity (Wildman–Crippen MR) is 78.8 cm³/mol. The van der Waals surface area contributed by atoms with Crippen molar-refractivity contribution in [3.05, 3.63) is 29.8 Å². The van der Waals surface area contributed by atoms with Crippen molar-refractivity contribution in [2.24, 2.45) is 0 Å². The number of hydrogen-bond donors (Lipinski definition) is 2. The number of nitrogen functional groups attached to an aromatic ring is 1. The fourth-order valence-corrected chi connectivity index (χ4v) is 3.56. The number of β-amino-alcohol motifs (C(OH)–C–C–N with tert-alkyl or cyclic N) is 1. The van der Waals surface area contributed by atoms with Crippen LogP contribution >= 0.6 is 11.8 Å². The van der Waals surface area contributed by atoms with E-state index in [4.69, 9.17) is 5.73 Å². The fourth-order valence-electron chi connectivity index (χ4n) is 2.31. The van der Waals surface area contributed by atoms with Crippen molar-refractivity contribution < 1.29 is 5.11 Å². The number of thioether (sulfide) groups is 1. The third-order valence-electron chi connectivity index (χ3n) is 3.40. The van der Waals surface area contributed by atoms with Gasteiger partial charge in [-0.25, -0.2) is 0 Å². The van der Waals surface area contributed by atoms with Gasteiger partial charge in [-0.1, -0.05) is 19.1 Å². The summed E-state index contributed by atoms with van der Waals surface area (Å²) in [5.74, 6) is 1.17. The molecule has 3 N–H and O–H groups in total. The highest BCUT2D eigenvalue weighted by molar-refractivity contribution is 8.00. The van der Waals surface area contributed by atoms with Crippen molar-refractivity contribution in [3.8, 4) is 0 Å². The Hall–Kier alpha value is -0.710. The molecule has 1 heterocycles. The molecule has 1 aromatic carbocycles. The minimum Gasteiger partial charge on any atom is -0.399 e. The lowest BCUT2D eigenvalue weighted by Gasteiger charge is -2.33. The van der Waals surface area contributed by atoms with Gasteiger partial charge in [-0.3, -0.25) is 4.90 Å². The van der Waals surface area contributed by atoms with Crippen LogP contribution in [-0.4, -0.2) is 40.6 Å². The Bertz CT molecular complexity index is 386. The lowest BCUT2D eigenvalue weighted by atomic mass is 10.1. The van der Waals surface area contributed by atoms with E-state index in [0.29, 0.717) is 17.5 Å². The summed E-state index contributed by atoms with van der Waals surface area (Å²) >= 11 is 2.05. The molecule has 18 heavy (non-hydrogen) atoms. The average Bonchev–Trinajstić information content (AvgIpc) is 2.39. The van der Waals surface area contributed by atoms with Gasteiger partial charge in [0.1, 0.15) is 0 Å². The molecule has 2 rings (SSSR count). The van der Waals surface area contributed by atoms with Crippen LogP contribution in [0.4, 0.5) is 5.69 Å². The number of aliphatic hydroxyl groups is 1. The molecule has 0 saturated carbocycles. The van der Waals surface area contributed by atoms with Crippen LogP contribution in [0.2, 0.25) is 0 Å². The molecule has 0 radical (unpaired) electrons. The van der Waals surface area contributed by atoms with Crippen LogP contribution in [0.5, 0.6) is 0 Å². The highest BCUT2D eigenvalue weighted by Gasteiger charge is 2.21. The number of nitrogens with two attached hydrogens (primary N) is 1. The second-order valence-corrected chi connectivity index (χ2v) is 6.25. The topological polar surface area (TPSA) is 49.5 Å². The van der Waals surface area contributed by atoms with Crippen LogP contribution in [0, 0.1) is 0 Å². The van der Waals surface area contributed by atoms with Crippen molar-refractivity contribution in [2.75, 3.05) is 31.1 Å². The summed E-state index contributed by atoms with van der Waals surface area (Å²) in [7, 11) is 0. The summed E-state index contributed by atoms with van der Waals surface area (Å²) in [5, 5.41) is 11.0. The molecule has 0 aliphatic carbocycles. The van der Waals surface area contributed by atoms with Crippen LogP contribution in [-0.2, 0) is 0 Å². The van der Waals surface area contributed by atoms with E-state index in [1.165, 1.54) is 12.2 Å². The van der Waals surface area contributed by atoms with Gasteiger partial charge in [0.25, 0.3) is 0 Å². The summed E-state index contributed by atoms with van der Waals surface area (Å²) in [6.07, 6.45) is 0.768. The van der Waals surface area contributed by atoms with Gasteiger partial charge in [-0.15, -0.1) is 0 Å². The van der Waals surface area contributed by atoms with E-state index >= 15 is 0 Å². The molecular weight excluding hydrogens is 244 g/mol. The number of benzene rings is 1. The molecule has 0 bridgehead atoms. The van der Waals surface area contributed by atoms with Gasteiger partial charge >= 0.3 is 0 Å². The Morgan fingerprint density at radius 1 is 1.56 bits per heavy atom. The normalized spacial score (nSPS) is 22.9. The maximum Gasteiger partial charge on any atom is 0.0917 e.